The number of carbonyl (C=O) groups is 1. The van der Waals surface area contributed by atoms with Crippen LogP contribution in [0, 0.1) is 0 Å². The second-order valence-corrected chi connectivity index (χ2v) is 6.19. The highest BCUT2D eigenvalue weighted by Gasteiger charge is 2.23. The fraction of sp³-hybridized carbons (Fsp3) is 0.562. The van der Waals surface area contributed by atoms with E-state index in [0.29, 0.717) is 22.1 Å². The second kappa shape index (κ2) is 6.75. The van der Waals surface area contributed by atoms with E-state index in [9.17, 15) is 4.79 Å². The molecule has 0 saturated carbocycles. The summed E-state index contributed by atoms with van der Waals surface area (Å²) < 4.78 is 10.6. The molecule has 6 heteroatoms. The van der Waals surface area contributed by atoms with Gasteiger partial charge in [0.15, 0.2) is 11.5 Å². The SMILES string of the molecule is CCCN1CCC(NC(=O)c2cc(Cl)c3c(c2)OCO3)CC1. The lowest BCUT2D eigenvalue weighted by Crippen LogP contribution is -2.44. The highest BCUT2D eigenvalue weighted by atomic mass is 35.5. The summed E-state index contributed by atoms with van der Waals surface area (Å²) in [6.45, 7) is 5.56. The minimum absolute atomic E-state index is 0.103. The van der Waals surface area contributed by atoms with Gasteiger partial charge >= 0.3 is 0 Å². The number of hydrogen-bond acceptors (Lipinski definition) is 4. The predicted molar refractivity (Wildman–Crippen MR) is 84.8 cm³/mol. The fourth-order valence-electron chi connectivity index (χ4n) is 2.98. The Balaban J connectivity index is 1.60. The number of likely N-dealkylation sites (tertiary alicyclic amines) is 1. The first-order valence-electron chi connectivity index (χ1n) is 7.79. The summed E-state index contributed by atoms with van der Waals surface area (Å²) in [6.07, 6.45) is 3.15. The van der Waals surface area contributed by atoms with Gasteiger partial charge < -0.3 is 19.7 Å². The van der Waals surface area contributed by atoms with Gasteiger partial charge in [-0.25, -0.2) is 0 Å². The average molecular weight is 325 g/mol. The molecule has 1 N–H and O–H groups in total. The van der Waals surface area contributed by atoms with Gasteiger partial charge in [0.25, 0.3) is 5.91 Å². The summed E-state index contributed by atoms with van der Waals surface area (Å²) in [6, 6.07) is 3.55. The lowest BCUT2D eigenvalue weighted by Gasteiger charge is -2.32. The van der Waals surface area contributed by atoms with Crippen LogP contribution in [0.4, 0.5) is 0 Å². The number of carbonyl (C=O) groups excluding carboxylic acids is 1. The van der Waals surface area contributed by atoms with Gasteiger partial charge in [0.2, 0.25) is 6.79 Å². The third kappa shape index (κ3) is 3.31. The van der Waals surface area contributed by atoms with Gasteiger partial charge in [0.05, 0.1) is 5.02 Å². The molecular weight excluding hydrogens is 304 g/mol. The molecule has 0 spiro atoms. The maximum atomic E-state index is 12.4. The highest BCUT2D eigenvalue weighted by Crippen LogP contribution is 2.39. The summed E-state index contributed by atoms with van der Waals surface area (Å²) in [7, 11) is 0. The van der Waals surface area contributed by atoms with Gasteiger partial charge in [-0.05, 0) is 37.9 Å². The second-order valence-electron chi connectivity index (χ2n) is 5.78. The molecule has 0 radical (unpaired) electrons. The molecule has 1 aromatic carbocycles. The van der Waals surface area contributed by atoms with Crippen molar-refractivity contribution < 1.29 is 14.3 Å². The van der Waals surface area contributed by atoms with E-state index in [2.05, 4.69) is 17.1 Å². The van der Waals surface area contributed by atoms with Crippen molar-refractivity contribution >= 4 is 17.5 Å². The third-order valence-electron chi connectivity index (χ3n) is 4.15. The summed E-state index contributed by atoms with van der Waals surface area (Å²) in [5, 5.41) is 3.51. The number of fused-ring (bicyclic) bond motifs is 1. The number of nitrogens with one attached hydrogen (secondary N) is 1. The number of nitrogens with zero attached hydrogens (tertiary/aromatic N) is 1. The number of hydrogen-bond donors (Lipinski definition) is 1. The zero-order valence-electron chi connectivity index (χ0n) is 12.7. The van der Waals surface area contributed by atoms with E-state index in [0.717, 1.165) is 32.5 Å². The number of benzene rings is 1. The maximum Gasteiger partial charge on any atom is 0.251 e. The summed E-state index contributed by atoms with van der Waals surface area (Å²) in [5.41, 5.74) is 0.519. The van der Waals surface area contributed by atoms with Crippen molar-refractivity contribution in [3.63, 3.8) is 0 Å². The van der Waals surface area contributed by atoms with Crippen molar-refractivity contribution in [2.75, 3.05) is 26.4 Å². The molecule has 1 aromatic rings. The molecule has 3 rings (SSSR count). The smallest absolute Gasteiger partial charge is 0.251 e. The quantitative estimate of drug-likeness (QED) is 0.925. The molecule has 2 aliphatic rings. The molecule has 1 saturated heterocycles. The Morgan fingerprint density at radius 3 is 2.86 bits per heavy atom. The number of halogens is 1. The molecule has 5 nitrogen and oxygen atoms in total. The first-order valence-corrected chi connectivity index (χ1v) is 8.17. The minimum atomic E-state index is -0.103. The van der Waals surface area contributed by atoms with E-state index in [1.54, 1.807) is 12.1 Å². The first-order chi connectivity index (χ1) is 10.7. The average Bonchev–Trinajstić information content (AvgIpc) is 2.98. The highest BCUT2D eigenvalue weighted by molar-refractivity contribution is 6.32. The van der Waals surface area contributed by atoms with E-state index >= 15 is 0 Å². The van der Waals surface area contributed by atoms with Crippen LogP contribution in [0.5, 0.6) is 11.5 Å². The van der Waals surface area contributed by atoms with Crippen molar-refractivity contribution in [1.82, 2.24) is 10.2 Å². The Morgan fingerprint density at radius 1 is 1.36 bits per heavy atom. The Kier molecular flexibility index (Phi) is 4.74. The van der Waals surface area contributed by atoms with Gasteiger partial charge in [0.1, 0.15) is 0 Å². The summed E-state index contributed by atoms with van der Waals surface area (Å²) in [5.74, 6) is 0.954. The Labute approximate surface area is 135 Å². The van der Waals surface area contributed by atoms with Crippen LogP contribution in [0.3, 0.4) is 0 Å². The minimum Gasteiger partial charge on any atom is -0.454 e. The molecule has 0 bridgehead atoms. The van der Waals surface area contributed by atoms with Crippen molar-refractivity contribution in [2.45, 2.75) is 32.2 Å². The maximum absolute atomic E-state index is 12.4. The van der Waals surface area contributed by atoms with Crippen LogP contribution in [0.1, 0.15) is 36.5 Å². The van der Waals surface area contributed by atoms with Gasteiger partial charge in [-0.2, -0.15) is 0 Å². The molecule has 2 aliphatic heterocycles. The van der Waals surface area contributed by atoms with Crippen LogP contribution in [-0.4, -0.2) is 43.3 Å². The summed E-state index contributed by atoms with van der Waals surface area (Å²) in [4.78, 5) is 14.8. The van der Waals surface area contributed by atoms with Crippen LogP contribution < -0.4 is 14.8 Å². The number of rotatable bonds is 4. The van der Waals surface area contributed by atoms with Crippen molar-refractivity contribution in [2.24, 2.45) is 0 Å². The van der Waals surface area contributed by atoms with E-state index < -0.39 is 0 Å². The zero-order valence-corrected chi connectivity index (χ0v) is 13.5. The molecule has 0 atom stereocenters. The van der Waals surface area contributed by atoms with Crippen LogP contribution in [0.15, 0.2) is 12.1 Å². The van der Waals surface area contributed by atoms with E-state index in [-0.39, 0.29) is 18.7 Å². The molecular formula is C16H21ClN2O3. The molecule has 1 amide bonds. The monoisotopic (exact) mass is 324 g/mol. The van der Waals surface area contributed by atoms with Crippen LogP contribution >= 0.6 is 11.6 Å². The standard InChI is InChI=1S/C16H21ClN2O3/c1-2-5-19-6-3-12(4-7-19)18-16(20)11-8-13(17)15-14(9-11)21-10-22-15/h8-9,12H,2-7,10H2,1H3,(H,18,20). The lowest BCUT2D eigenvalue weighted by atomic mass is 10.0. The van der Waals surface area contributed by atoms with Gasteiger partial charge in [0, 0.05) is 24.7 Å². The summed E-state index contributed by atoms with van der Waals surface area (Å²) >= 11 is 6.12. The molecule has 0 unspecified atom stereocenters. The predicted octanol–water partition coefficient (Wildman–Crippen LogP) is 2.67. The number of ether oxygens (including phenoxy) is 2. The van der Waals surface area contributed by atoms with Gasteiger partial charge in [-0.1, -0.05) is 18.5 Å². The topological polar surface area (TPSA) is 50.8 Å². The molecule has 0 aliphatic carbocycles. The molecule has 0 aromatic heterocycles. The number of amides is 1. The first kappa shape index (κ1) is 15.4. The van der Waals surface area contributed by atoms with Gasteiger partial charge in [-0.3, -0.25) is 4.79 Å². The lowest BCUT2D eigenvalue weighted by molar-refractivity contribution is 0.0910. The van der Waals surface area contributed by atoms with Crippen molar-refractivity contribution in [3.05, 3.63) is 22.7 Å². The normalized spacial score (nSPS) is 18.5. The fourth-order valence-corrected chi connectivity index (χ4v) is 3.25. The Bertz CT molecular complexity index is 557. The molecule has 120 valence electrons. The van der Waals surface area contributed by atoms with E-state index in [1.165, 1.54) is 6.42 Å². The Hall–Kier alpha value is -1.46. The zero-order chi connectivity index (χ0) is 15.5. The van der Waals surface area contributed by atoms with Crippen LogP contribution in [-0.2, 0) is 0 Å². The molecule has 2 heterocycles. The molecule has 1 fully saturated rings. The van der Waals surface area contributed by atoms with E-state index in [4.69, 9.17) is 21.1 Å². The van der Waals surface area contributed by atoms with Crippen LogP contribution in [0.25, 0.3) is 0 Å². The largest absolute Gasteiger partial charge is 0.454 e. The van der Waals surface area contributed by atoms with Crippen molar-refractivity contribution in [1.29, 1.82) is 0 Å². The molecule has 22 heavy (non-hydrogen) atoms. The Morgan fingerprint density at radius 2 is 2.14 bits per heavy atom. The van der Waals surface area contributed by atoms with Crippen molar-refractivity contribution in [3.8, 4) is 11.5 Å². The third-order valence-corrected chi connectivity index (χ3v) is 4.43. The van der Waals surface area contributed by atoms with Crippen LogP contribution in [0.2, 0.25) is 5.02 Å². The van der Waals surface area contributed by atoms with Gasteiger partial charge in [-0.15, -0.1) is 0 Å². The van der Waals surface area contributed by atoms with E-state index in [1.807, 2.05) is 0 Å². The number of piperidine rings is 1.